The Morgan fingerprint density at radius 3 is 2.38 bits per heavy atom. The molecule has 0 N–H and O–H groups in total. The molecule has 1 rings (SSSR count). The lowest BCUT2D eigenvalue weighted by Crippen LogP contribution is -2.16. The van der Waals surface area contributed by atoms with Crippen molar-refractivity contribution in [1.29, 1.82) is 0 Å². The van der Waals surface area contributed by atoms with Gasteiger partial charge in [0.05, 0.1) is 4.08 Å². The van der Waals surface area contributed by atoms with Gasteiger partial charge in [-0.15, -0.1) is 0 Å². The van der Waals surface area contributed by atoms with E-state index in [1.807, 2.05) is 0 Å². The van der Waals surface area contributed by atoms with E-state index in [1.165, 1.54) is 12.8 Å². The Balaban J connectivity index is 2.33. The third-order valence-electron chi connectivity index (χ3n) is 1.46. The van der Waals surface area contributed by atoms with Gasteiger partial charge in [0.1, 0.15) is 0 Å². The highest BCUT2D eigenvalue weighted by molar-refractivity contribution is 8.00. The summed E-state index contributed by atoms with van der Waals surface area (Å²) in [5.41, 5.74) is 0. The minimum Gasteiger partial charge on any atom is -0.162 e. The van der Waals surface area contributed by atoms with E-state index < -0.39 is 0 Å². The Morgan fingerprint density at radius 1 is 1.38 bits per heavy atom. The minimum absolute atomic E-state index is 0.0122. The first-order chi connectivity index (χ1) is 3.71. The second-order valence-electron chi connectivity index (χ2n) is 2.37. The highest BCUT2D eigenvalue weighted by Crippen LogP contribution is 2.35. The quantitative estimate of drug-likeness (QED) is 0.381. The Labute approximate surface area is 61.9 Å². The third kappa shape index (κ3) is 1.90. The first-order valence-electron chi connectivity index (χ1n) is 2.97. The maximum atomic E-state index is 4.35. The normalized spacial score (nSPS) is 27.8. The van der Waals surface area contributed by atoms with Crippen molar-refractivity contribution >= 4 is 25.3 Å². The average Bonchev–Trinajstić information content (AvgIpc) is 1.65. The molecule has 0 heterocycles. The van der Waals surface area contributed by atoms with Crippen LogP contribution in [0.15, 0.2) is 0 Å². The van der Waals surface area contributed by atoms with Gasteiger partial charge in [-0.3, -0.25) is 0 Å². The molecule has 0 spiro atoms. The van der Waals surface area contributed by atoms with E-state index in [2.05, 4.69) is 31.7 Å². The summed E-state index contributed by atoms with van der Waals surface area (Å²) in [6.45, 7) is 0. The van der Waals surface area contributed by atoms with Crippen LogP contribution < -0.4 is 0 Å². The molecule has 1 radical (unpaired) electrons. The topological polar surface area (TPSA) is 0 Å². The summed E-state index contributed by atoms with van der Waals surface area (Å²) in [5, 5.41) is 0. The summed E-state index contributed by atoms with van der Waals surface area (Å²) in [5.74, 6) is 0. The van der Waals surface area contributed by atoms with E-state index in [4.69, 9.17) is 0 Å². The second kappa shape index (κ2) is 2.53. The molecule has 1 aliphatic carbocycles. The predicted molar refractivity (Wildman–Crippen MR) is 43.5 cm³/mol. The molecule has 0 amide bonds. The zero-order valence-electron chi connectivity index (χ0n) is 4.80. The van der Waals surface area contributed by atoms with Crippen LogP contribution in [-0.4, -0.2) is 4.08 Å². The summed E-state index contributed by atoms with van der Waals surface area (Å²) in [6, 6.07) is 0. The maximum absolute atomic E-state index is 4.35. The molecule has 8 heavy (non-hydrogen) atoms. The van der Waals surface area contributed by atoms with Crippen molar-refractivity contribution in [2.75, 3.05) is 0 Å². The molecule has 2 heteroatoms. The van der Waals surface area contributed by atoms with Crippen molar-refractivity contribution in [1.82, 2.24) is 0 Å². The fraction of sp³-hybridized carbons (Fsp3) is 0.833. The van der Waals surface area contributed by atoms with Gasteiger partial charge in [-0.2, -0.15) is 25.3 Å². The lowest BCUT2D eigenvalue weighted by Gasteiger charge is -2.26. The van der Waals surface area contributed by atoms with Gasteiger partial charge in [0.2, 0.25) is 0 Å². The molecule has 0 aliphatic heterocycles. The molecule has 0 unspecified atom stereocenters. The Bertz CT molecular complexity index is 70.6. The highest BCUT2D eigenvalue weighted by Gasteiger charge is 2.22. The fourth-order valence-electron chi connectivity index (χ4n) is 0.965. The van der Waals surface area contributed by atoms with Crippen LogP contribution >= 0.6 is 25.3 Å². The fourth-order valence-corrected chi connectivity index (χ4v) is 1.54. The number of thiol groups is 2. The van der Waals surface area contributed by atoms with E-state index in [0.29, 0.717) is 0 Å². The van der Waals surface area contributed by atoms with Crippen LogP contribution in [0.3, 0.4) is 0 Å². The van der Waals surface area contributed by atoms with E-state index in [-0.39, 0.29) is 4.08 Å². The van der Waals surface area contributed by atoms with Crippen molar-refractivity contribution < 1.29 is 0 Å². The van der Waals surface area contributed by atoms with Crippen LogP contribution in [0.2, 0.25) is 0 Å². The molecule has 0 aromatic heterocycles. The van der Waals surface area contributed by atoms with E-state index in [0.717, 1.165) is 12.8 Å². The van der Waals surface area contributed by atoms with Crippen molar-refractivity contribution in [2.45, 2.75) is 29.8 Å². The van der Waals surface area contributed by atoms with Crippen molar-refractivity contribution in [3.8, 4) is 0 Å². The van der Waals surface area contributed by atoms with Crippen molar-refractivity contribution in [3.05, 3.63) is 6.42 Å². The lowest BCUT2D eigenvalue weighted by atomic mass is 10.00. The summed E-state index contributed by atoms with van der Waals surface area (Å²) in [7, 11) is 0. The van der Waals surface area contributed by atoms with Crippen molar-refractivity contribution in [2.24, 2.45) is 0 Å². The molecular weight excluding hydrogens is 136 g/mol. The average molecular weight is 147 g/mol. The van der Waals surface area contributed by atoms with Gasteiger partial charge in [-0.05, 0) is 19.3 Å². The summed E-state index contributed by atoms with van der Waals surface area (Å²) >= 11 is 8.70. The van der Waals surface area contributed by atoms with E-state index in [9.17, 15) is 0 Å². The van der Waals surface area contributed by atoms with Crippen LogP contribution in [-0.2, 0) is 0 Å². The molecule has 0 atom stereocenters. The molecule has 0 saturated heterocycles. The van der Waals surface area contributed by atoms with Crippen molar-refractivity contribution in [3.63, 3.8) is 0 Å². The zero-order chi connectivity index (χ0) is 6.04. The van der Waals surface area contributed by atoms with Gasteiger partial charge >= 0.3 is 0 Å². The van der Waals surface area contributed by atoms with Crippen LogP contribution in [0.1, 0.15) is 25.7 Å². The van der Waals surface area contributed by atoms with Crippen LogP contribution in [0.5, 0.6) is 0 Å². The SMILES string of the molecule is SC1(S)C[CH]CCC1. The second-order valence-corrected chi connectivity index (χ2v) is 4.43. The first-order valence-corrected chi connectivity index (χ1v) is 3.87. The lowest BCUT2D eigenvalue weighted by molar-refractivity contribution is 0.581. The summed E-state index contributed by atoms with van der Waals surface area (Å²) in [4.78, 5) is 0. The molecule has 1 aliphatic rings. The Kier molecular flexibility index (Phi) is 2.15. The number of rotatable bonds is 0. The standard InChI is InChI=1S/C6H11S2/c7-6(8)4-2-1-3-5-6/h2,7-8H,1,3-5H2. The van der Waals surface area contributed by atoms with Gasteiger partial charge in [-0.25, -0.2) is 0 Å². The third-order valence-corrected chi connectivity index (χ3v) is 2.27. The molecule has 0 aromatic carbocycles. The molecule has 0 bridgehead atoms. The van der Waals surface area contributed by atoms with Gasteiger partial charge in [0, 0.05) is 0 Å². The maximum Gasteiger partial charge on any atom is 0.0554 e. The van der Waals surface area contributed by atoms with Gasteiger partial charge in [0.25, 0.3) is 0 Å². The summed E-state index contributed by atoms with van der Waals surface area (Å²) < 4.78 is 0.0122. The smallest absolute Gasteiger partial charge is 0.0554 e. The summed E-state index contributed by atoms with van der Waals surface area (Å²) in [6.07, 6.45) is 6.98. The van der Waals surface area contributed by atoms with Gasteiger partial charge < -0.3 is 0 Å². The largest absolute Gasteiger partial charge is 0.162 e. The molecule has 0 nitrogen and oxygen atoms in total. The van der Waals surface area contributed by atoms with Gasteiger partial charge in [-0.1, -0.05) is 12.8 Å². The van der Waals surface area contributed by atoms with Crippen LogP contribution in [0, 0.1) is 6.42 Å². The Morgan fingerprint density at radius 2 is 2.12 bits per heavy atom. The predicted octanol–water partition coefficient (Wildman–Crippen LogP) is 2.32. The zero-order valence-corrected chi connectivity index (χ0v) is 6.59. The molecule has 0 aromatic rings. The Hall–Kier alpha value is 0.700. The van der Waals surface area contributed by atoms with Gasteiger partial charge in [0.15, 0.2) is 0 Å². The minimum atomic E-state index is 0.0122. The van der Waals surface area contributed by atoms with Crippen LogP contribution in [0.4, 0.5) is 0 Å². The van der Waals surface area contributed by atoms with Crippen LogP contribution in [0.25, 0.3) is 0 Å². The molecular formula is C6H11S2. The molecule has 1 saturated carbocycles. The monoisotopic (exact) mass is 147 g/mol. The number of hydrogen-bond donors (Lipinski definition) is 2. The van der Waals surface area contributed by atoms with E-state index in [1.54, 1.807) is 0 Å². The molecule has 1 fully saturated rings. The number of hydrogen-bond acceptors (Lipinski definition) is 2. The highest BCUT2D eigenvalue weighted by atomic mass is 32.2. The van der Waals surface area contributed by atoms with E-state index >= 15 is 0 Å². The first kappa shape index (κ1) is 6.81. The molecule has 47 valence electrons.